The summed E-state index contributed by atoms with van der Waals surface area (Å²) in [5.41, 5.74) is 1.06. The molecule has 0 bridgehead atoms. The van der Waals surface area contributed by atoms with E-state index in [4.69, 9.17) is 14.2 Å². The van der Waals surface area contributed by atoms with E-state index in [0.717, 1.165) is 4.88 Å². The van der Waals surface area contributed by atoms with Crippen LogP contribution in [0.4, 0.5) is 11.4 Å². The first-order chi connectivity index (χ1) is 15.6. The molecule has 2 heterocycles. The Morgan fingerprint density at radius 1 is 1.00 bits per heavy atom. The van der Waals surface area contributed by atoms with E-state index in [-0.39, 0.29) is 12.4 Å². The fourth-order valence-corrected chi connectivity index (χ4v) is 3.49. The lowest BCUT2D eigenvalue weighted by Gasteiger charge is -2.12. The Balaban J connectivity index is 1.34. The molecule has 0 fully saturated rings. The normalized spacial score (nSPS) is 11.9. The number of para-hydroxylation sites is 1. The van der Waals surface area contributed by atoms with Gasteiger partial charge in [0.2, 0.25) is 6.79 Å². The second-order valence-electron chi connectivity index (χ2n) is 6.57. The van der Waals surface area contributed by atoms with E-state index in [1.807, 2.05) is 17.5 Å². The van der Waals surface area contributed by atoms with Gasteiger partial charge < -0.3 is 24.8 Å². The summed E-state index contributed by atoms with van der Waals surface area (Å²) in [4.78, 5) is 37.7. The molecule has 8 nitrogen and oxygen atoms in total. The summed E-state index contributed by atoms with van der Waals surface area (Å²) in [6.07, 6.45) is 2.87. The zero-order chi connectivity index (χ0) is 22.3. The summed E-state index contributed by atoms with van der Waals surface area (Å²) >= 11 is 1.48. The van der Waals surface area contributed by atoms with E-state index < -0.39 is 24.4 Å². The molecule has 0 saturated heterocycles. The largest absolute Gasteiger partial charge is 0.454 e. The molecule has 0 atom stereocenters. The van der Waals surface area contributed by atoms with Gasteiger partial charge in [-0.25, -0.2) is 4.79 Å². The van der Waals surface area contributed by atoms with Gasteiger partial charge in [-0.1, -0.05) is 18.2 Å². The number of benzene rings is 2. The van der Waals surface area contributed by atoms with Gasteiger partial charge in [0.1, 0.15) is 0 Å². The summed E-state index contributed by atoms with van der Waals surface area (Å²) in [6.45, 7) is -0.346. The molecular formula is C23H18N2O6S. The Hall–Kier alpha value is -4.11. The number of fused-ring (bicyclic) bond motifs is 1. The quantitative estimate of drug-likeness (QED) is 0.418. The summed E-state index contributed by atoms with van der Waals surface area (Å²) in [5.74, 6) is -0.473. The molecule has 0 saturated carbocycles. The van der Waals surface area contributed by atoms with E-state index in [0.29, 0.717) is 22.9 Å². The number of esters is 1. The molecule has 2 N–H and O–H groups in total. The van der Waals surface area contributed by atoms with Crippen molar-refractivity contribution >= 4 is 46.6 Å². The third-order valence-corrected chi connectivity index (χ3v) is 5.19. The second-order valence-corrected chi connectivity index (χ2v) is 7.55. The van der Waals surface area contributed by atoms with Crippen LogP contribution in [0.1, 0.15) is 15.2 Å². The van der Waals surface area contributed by atoms with E-state index in [9.17, 15) is 14.4 Å². The molecule has 0 unspecified atom stereocenters. The van der Waals surface area contributed by atoms with Crippen molar-refractivity contribution in [2.75, 3.05) is 24.0 Å². The molecule has 9 heteroatoms. The molecule has 2 aromatic carbocycles. The Labute approximate surface area is 187 Å². The van der Waals surface area contributed by atoms with Crippen LogP contribution in [0.25, 0.3) is 6.08 Å². The highest BCUT2D eigenvalue weighted by molar-refractivity contribution is 7.10. The summed E-state index contributed by atoms with van der Waals surface area (Å²) in [7, 11) is 0. The molecule has 1 aliphatic rings. The zero-order valence-corrected chi connectivity index (χ0v) is 17.5. The number of carbonyl (C=O) groups is 3. The van der Waals surface area contributed by atoms with Gasteiger partial charge in [0.05, 0.1) is 11.3 Å². The maximum Gasteiger partial charge on any atom is 0.331 e. The topological polar surface area (TPSA) is 103 Å². The molecule has 2 amide bonds. The first-order valence-electron chi connectivity index (χ1n) is 9.57. The number of amides is 2. The summed E-state index contributed by atoms with van der Waals surface area (Å²) < 4.78 is 15.5. The zero-order valence-electron chi connectivity index (χ0n) is 16.7. The number of ether oxygens (including phenoxy) is 3. The van der Waals surface area contributed by atoms with Crippen LogP contribution in [0.5, 0.6) is 11.5 Å². The number of hydrogen-bond acceptors (Lipinski definition) is 7. The van der Waals surface area contributed by atoms with Gasteiger partial charge in [-0.2, -0.15) is 0 Å². The molecule has 162 valence electrons. The van der Waals surface area contributed by atoms with Gasteiger partial charge in [-0.3, -0.25) is 9.59 Å². The lowest BCUT2D eigenvalue weighted by Crippen LogP contribution is -2.22. The fourth-order valence-electron chi connectivity index (χ4n) is 2.87. The lowest BCUT2D eigenvalue weighted by atomic mass is 10.1. The van der Waals surface area contributed by atoms with Gasteiger partial charge >= 0.3 is 5.97 Å². The van der Waals surface area contributed by atoms with Gasteiger partial charge in [0, 0.05) is 22.7 Å². The number of anilines is 2. The summed E-state index contributed by atoms with van der Waals surface area (Å²) in [5, 5.41) is 7.25. The predicted octanol–water partition coefficient (Wildman–Crippen LogP) is 3.92. The number of rotatable bonds is 7. The third-order valence-electron chi connectivity index (χ3n) is 4.35. The second kappa shape index (κ2) is 9.80. The molecule has 3 aromatic rings. The number of nitrogens with one attached hydrogen (secondary N) is 2. The van der Waals surface area contributed by atoms with Crippen LogP contribution in [0.2, 0.25) is 0 Å². The van der Waals surface area contributed by atoms with E-state index in [1.54, 1.807) is 48.5 Å². The van der Waals surface area contributed by atoms with Crippen LogP contribution < -0.4 is 20.1 Å². The highest BCUT2D eigenvalue weighted by atomic mass is 32.1. The monoisotopic (exact) mass is 450 g/mol. The minimum absolute atomic E-state index is 0.135. The maximum absolute atomic E-state index is 12.8. The van der Waals surface area contributed by atoms with Gasteiger partial charge in [0.25, 0.3) is 11.8 Å². The van der Waals surface area contributed by atoms with Gasteiger partial charge in [0.15, 0.2) is 18.1 Å². The minimum atomic E-state index is -0.637. The van der Waals surface area contributed by atoms with Crippen molar-refractivity contribution in [3.63, 3.8) is 0 Å². The average molecular weight is 450 g/mol. The smallest absolute Gasteiger partial charge is 0.331 e. The molecule has 1 aromatic heterocycles. The van der Waals surface area contributed by atoms with Crippen molar-refractivity contribution in [3.8, 4) is 11.5 Å². The minimum Gasteiger partial charge on any atom is -0.454 e. The lowest BCUT2D eigenvalue weighted by molar-refractivity contribution is -0.142. The average Bonchev–Trinajstić information content (AvgIpc) is 3.48. The van der Waals surface area contributed by atoms with Gasteiger partial charge in [-0.15, -0.1) is 11.3 Å². The number of hydrogen-bond donors (Lipinski definition) is 2. The van der Waals surface area contributed by atoms with Crippen molar-refractivity contribution in [2.24, 2.45) is 0 Å². The maximum atomic E-state index is 12.8. The molecule has 4 rings (SSSR count). The fraction of sp³-hybridized carbons (Fsp3) is 0.0870. The van der Waals surface area contributed by atoms with E-state index in [1.165, 1.54) is 17.4 Å². The van der Waals surface area contributed by atoms with E-state index in [2.05, 4.69) is 10.6 Å². The summed E-state index contributed by atoms with van der Waals surface area (Å²) in [6, 6.07) is 15.3. The molecule has 0 radical (unpaired) electrons. The van der Waals surface area contributed by atoms with Crippen molar-refractivity contribution in [1.82, 2.24) is 0 Å². The Morgan fingerprint density at radius 3 is 2.69 bits per heavy atom. The van der Waals surface area contributed by atoms with Crippen molar-refractivity contribution in [1.29, 1.82) is 0 Å². The van der Waals surface area contributed by atoms with E-state index >= 15 is 0 Å². The number of carbonyl (C=O) groups excluding carboxylic acids is 3. The Bertz CT molecular complexity index is 1170. The predicted molar refractivity (Wildman–Crippen MR) is 120 cm³/mol. The van der Waals surface area contributed by atoms with Crippen LogP contribution in [0.3, 0.4) is 0 Å². The molecule has 0 spiro atoms. The molecule has 32 heavy (non-hydrogen) atoms. The first kappa shape index (κ1) is 21.1. The van der Waals surface area contributed by atoms with Crippen molar-refractivity contribution in [2.45, 2.75) is 0 Å². The first-order valence-corrected chi connectivity index (χ1v) is 10.4. The molecular weight excluding hydrogens is 432 g/mol. The van der Waals surface area contributed by atoms with Crippen molar-refractivity contribution in [3.05, 3.63) is 76.5 Å². The number of thiophene rings is 1. The van der Waals surface area contributed by atoms with Crippen LogP contribution >= 0.6 is 11.3 Å². The van der Waals surface area contributed by atoms with Gasteiger partial charge in [-0.05, 0) is 41.8 Å². The van der Waals surface area contributed by atoms with Crippen LogP contribution in [0, 0.1) is 0 Å². The van der Waals surface area contributed by atoms with Crippen molar-refractivity contribution < 1.29 is 28.6 Å². The Morgan fingerprint density at radius 2 is 1.84 bits per heavy atom. The third kappa shape index (κ3) is 5.32. The van der Waals surface area contributed by atoms with Crippen LogP contribution in [0.15, 0.2) is 66.1 Å². The standard InChI is InChI=1S/C23H18N2O6S/c26-21(13-29-22(27)10-8-16-4-3-11-32-16)25-18-6-2-1-5-17(18)23(28)24-15-7-9-19-20(12-15)31-14-30-19/h1-12H,13-14H2,(H,24,28)(H,25,26). The SMILES string of the molecule is O=C(COC(=O)C=Cc1cccs1)Nc1ccccc1C(=O)Nc1ccc2c(c1)OCO2. The molecule has 1 aliphatic heterocycles. The molecule has 0 aliphatic carbocycles. The highest BCUT2D eigenvalue weighted by Gasteiger charge is 2.17. The van der Waals surface area contributed by atoms with Crippen LogP contribution in [-0.2, 0) is 14.3 Å². The van der Waals surface area contributed by atoms with Crippen LogP contribution in [-0.4, -0.2) is 31.2 Å². The highest BCUT2D eigenvalue weighted by Crippen LogP contribution is 2.34. The Kier molecular flexibility index (Phi) is 6.47.